The molecule has 1 unspecified atom stereocenters. The smallest absolute Gasteiger partial charge is 0.339 e. The van der Waals surface area contributed by atoms with Gasteiger partial charge in [-0.15, -0.1) is 0 Å². The van der Waals surface area contributed by atoms with Gasteiger partial charge in [0.2, 0.25) is 0 Å². The van der Waals surface area contributed by atoms with Crippen LogP contribution in [-0.2, 0) is 10.5 Å². The van der Waals surface area contributed by atoms with Gasteiger partial charge in [0.05, 0.1) is 0 Å². The number of H-pyrrole nitrogens is 1. The van der Waals surface area contributed by atoms with Crippen LogP contribution in [0.15, 0.2) is 114 Å². The number of aromatic amines is 1. The van der Waals surface area contributed by atoms with E-state index in [4.69, 9.17) is 4.98 Å². The molecule has 0 saturated carbocycles. The molecule has 1 atom stereocenters. The van der Waals surface area contributed by atoms with E-state index in [1.165, 1.54) is 22.6 Å². The first-order valence-corrected chi connectivity index (χ1v) is 14.8. The zero-order valence-corrected chi connectivity index (χ0v) is 23.4. The Hall–Kier alpha value is -4.69. The van der Waals surface area contributed by atoms with E-state index in [2.05, 4.69) is 59.7 Å². The molecule has 0 aliphatic carbocycles. The number of anilines is 1. The van der Waals surface area contributed by atoms with Gasteiger partial charge in [0.15, 0.2) is 0 Å². The number of pyridine rings is 1. The maximum atomic E-state index is 12.7. The lowest BCUT2D eigenvalue weighted by molar-refractivity contribution is -0.167. The highest BCUT2D eigenvalue weighted by atomic mass is 32.2. The van der Waals surface area contributed by atoms with Gasteiger partial charge in [0.1, 0.15) is 5.65 Å². The van der Waals surface area contributed by atoms with Gasteiger partial charge in [-0.25, -0.2) is 4.98 Å². The van der Waals surface area contributed by atoms with Gasteiger partial charge >= 0.3 is 12.1 Å². The van der Waals surface area contributed by atoms with Crippen molar-refractivity contribution in [2.24, 2.45) is 0 Å². The molecule has 0 saturated heterocycles. The van der Waals surface area contributed by atoms with Crippen molar-refractivity contribution in [3.63, 3.8) is 0 Å². The average Bonchev–Trinajstić information content (AvgIpc) is 3.38. The van der Waals surface area contributed by atoms with Crippen molar-refractivity contribution < 1.29 is 18.0 Å². The fraction of sp³-hybridized carbons (Fsp3) is 0.0882. The van der Waals surface area contributed by atoms with Gasteiger partial charge < -0.3 is 10.3 Å². The van der Waals surface area contributed by atoms with Gasteiger partial charge in [-0.1, -0.05) is 72.1 Å². The van der Waals surface area contributed by atoms with E-state index in [1.807, 2.05) is 41.7 Å². The number of alkyl halides is 3. The number of benzene rings is 4. The van der Waals surface area contributed by atoms with E-state index >= 15 is 0 Å². The molecule has 0 radical (unpaired) electrons. The second-order valence-corrected chi connectivity index (χ2v) is 11.9. The number of hydrogen-bond acceptors (Lipinski definition) is 2. The standard InChI is InChI=1S/C34H26F3N3OS/c1-2-42(26-11-7-4-8-12-26)21-22-13-18-29-27(19-22)31-30(24-9-5-3-6-10-24)28(20-38-32(31)40-29)23-14-16-25(17-15-23)39-33(41)34(35,36)37/h2-20H,21H2,1H3,(H,38,40)(H,39,41). The zero-order chi connectivity index (χ0) is 29.3. The minimum absolute atomic E-state index is 0.0493. The number of aromatic nitrogens is 2. The van der Waals surface area contributed by atoms with Crippen LogP contribution in [0.25, 0.3) is 44.2 Å². The molecule has 2 heterocycles. The summed E-state index contributed by atoms with van der Waals surface area (Å²) in [6, 6.07) is 33.3. The van der Waals surface area contributed by atoms with Crippen molar-refractivity contribution in [1.82, 2.24) is 9.97 Å². The van der Waals surface area contributed by atoms with Gasteiger partial charge in [0, 0.05) is 49.9 Å². The van der Waals surface area contributed by atoms with Gasteiger partial charge in [-0.2, -0.15) is 23.7 Å². The number of carbonyl (C=O) groups excluding carboxylic acids is 1. The summed E-state index contributed by atoms with van der Waals surface area (Å²) in [5.41, 5.74) is 6.57. The summed E-state index contributed by atoms with van der Waals surface area (Å²) in [6.45, 7) is 2.10. The van der Waals surface area contributed by atoms with E-state index in [0.717, 1.165) is 49.9 Å². The Labute approximate surface area is 243 Å². The van der Waals surface area contributed by atoms with Crippen LogP contribution in [0.1, 0.15) is 12.5 Å². The molecule has 8 heteroatoms. The molecule has 4 nitrogen and oxygen atoms in total. The summed E-state index contributed by atoms with van der Waals surface area (Å²) >= 11 is 0. The fourth-order valence-corrected chi connectivity index (χ4v) is 6.78. The van der Waals surface area contributed by atoms with E-state index in [9.17, 15) is 18.0 Å². The molecule has 0 fully saturated rings. The summed E-state index contributed by atoms with van der Waals surface area (Å²) in [4.78, 5) is 20.9. The molecule has 2 aromatic heterocycles. The second kappa shape index (κ2) is 11.3. The summed E-state index contributed by atoms with van der Waals surface area (Å²) < 4.78 is 38.2. The number of rotatable bonds is 6. The molecule has 1 amide bonds. The highest BCUT2D eigenvalue weighted by Crippen LogP contribution is 2.41. The number of nitrogens with zero attached hydrogens (tertiary/aromatic N) is 1. The Kier molecular flexibility index (Phi) is 7.39. The lowest BCUT2D eigenvalue weighted by Crippen LogP contribution is -2.29. The minimum atomic E-state index is -4.96. The third-order valence-corrected chi connectivity index (χ3v) is 9.20. The number of nitrogens with one attached hydrogen (secondary N) is 2. The van der Waals surface area contributed by atoms with Crippen LogP contribution in [-0.4, -0.2) is 27.4 Å². The predicted molar refractivity (Wildman–Crippen MR) is 167 cm³/mol. The van der Waals surface area contributed by atoms with Gasteiger partial charge in [0.25, 0.3) is 0 Å². The van der Waals surface area contributed by atoms with Crippen molar-refractivity contribution in [2.75, 3.05) is 5.32 Å². The van der Waals surface area contributed by atoms with Crippen LogP contribution in [0.5, 0.6) is 0 Å². The summed E-state index contributed by atoms with van der Waals surface area (Å²) in [5, 5.41) is 6.19. The van der Waals surface area contributed by atoms with Crippen molar-refractivity contribution in [3.05, 3.63) is 115 Å². The predicted octanol–water partition coefficient (Wildman–Crippen LogP) is 9.20. The third-order valence-electron chi connectivity index (χ3n) is 7.11. The topological polar surface area (TPSA) is 57.8 Å². The first-order chi connectivity index (χ1) is 20.3. The third kappa shape index (κ3) is 5.45. The average molecular weight is 582 g/mol. The SMILES string of the molecule is C/C=S(/Cc1ccc2[nH]c3ncc(-c4ccc(NC(=O)C(F)(F)F)cc4)c(-c4ccccc4)c3c2c1)c1ccccc1. The highest BCUT2D eigenvalue weighted by molar-refractivity contribution is 8.14. The lowest BCUT2D eigenvalue weighted by atomic mass is 9.92. The highest BCUT2D eigenvalue weighted by Gasteiger charge is 2.38. The molecule has 210 valence electrons. The first kappa shape index (κ1) is 27.5. The van der Waals surface area contributed by atoms with Crippen LogP contribution in [0.2, 0.25) is 0 Å². The van der Waals surface area contributed by atoms with Crippen LogP contribution >= 0.6 is 10.5 Å². The molecule has 4 aromatic carbocycles. The summed E-state index contributed by atoms with van der Waals surface area (Å²) in [7, 11) is -0.0493. The van der Waals surface area contributed by atoms with Crippen LogP contribution in [0, 0.1) is 0 Å². The summed E-state index contributed by atoms with van der Waals surface area (Å²) in [5.74, 6) is -1.13. The maximum Gasteiger partial charge on any atom is 0.471 e. The maximum absolute atomic E-state index is 12.7. The fourth-order valence-electron chi connectivity index (χ4n) is 5.13. The first-order valence-electron chi connectivity index (χ1n) is 13.3. The molecular weight excluding hydrogens is 555 g/mol. The van der Waals surface area contributed by atoms with Crippen molar-refractivity contribution in [1.29, 1.82) is 0 Å². The molecule has 0 bridgehead atoms. The molecular formula is C34H26F3N3OS. The Morgan fingerprint density at radius 2 is 1.60 bits per heavy atom. The van der Waals surface area contributed by atoms with E-state index in [0.29, 0.717) is 0 Å². The number of hydrogen-bond donors (Lipinski definition) is 2. The van der Waals surface area contributed by atoms with E-state index in [1.54, 1.807) is 18.3 Å². The van der Waals surface area contributed by atoms with E-state index < -0.39 is 12.1 Å². The quantitative estimate of drug-likeness (QED) is 0.193. The van der Waals surface area contributed by atoms with Gasteiger partial charge in [-0.3, -0.25) is 4.79 Å². The number of halogens is 3. The van der Waals surface area contributed by atoms with Crippen molar-refractivity contribution >= 4 is 49.4 Å². The van der Waals surface area contributed by atoms with Crippen molar-refractivity contribution in [3.8, 4) is 22.3 Å². The van der Waals surface area contributed by atoms with Crippen LogP contribution in [0.3, 0.4) is 0 Å². The number of fused-ring (bicyclic) bond motifs is 3. The minimum Gasteiger partial charge on any atom is -0.339 e. The molecule has 0 spiro atoms. The molecule has 6 aromatic rings. The number of carbonyl (C=O) groups is 1. The van der Waals surface area contributed by atoms with Crippen molar-refractivity contribution in [2.45, 2.75) is 23.7 Å². The Morgan fingerprint density at radius 1 is 0.905 bits per heavy atom. The Bertz CT molecular complexity index is 1930. The van der Waals surface area contributed by atoms with E-state index in [-0.39, 0.29) is 16.2 Å². The van der Waals surface area contributed by atoms with Gasteiger partial charge in [-0.05, 0) is 60.0 Å². The van der Waals surface area contributed by atoms with Crippen LogP contribution < -0.4 is 5.32 Å². The van der Waals surface area contributed by atoms with Crippen LogP contribution in [0.4, 0.5) is 18.9 Å². The molecule has 0 aliphatic heterocycles. The molecule has 2 N–H and O–H groups in total. The summed E-state index contributed by atoms with van der Waals surface area (Å²) in [6.07, 6.45) is -3.18. The molecule has 6 rings (SSSR count). The Morgan fingerprint density at radius 3 is 2.26 bits per heavy atom. The molecule has 42 heavy (non-hydrogen) atoms. The zero-order valence-electron chi connectivity index (χ0n) is 22.6. The second-order valence-electron chi connectivity index (χ2n) is 9.79. The number of amides is 1. The monoisotopic (exact) mass is 581 g/mol. The Balaban J connectivity index is 1.48. The molecule has 0 aliphatic rings. The lowest BCUT2D eigenvalue weighted by Gasteiger charge is -2.14. The normalized spacial score (nSPS) is 12.6. The largest absolute Gasteiger partial charge is 0.471 e.